The van der Waals surface area contributed by atoms with E-state index in [1.54, 1.807) is 0 Å². The first-order valence-corrected chi connectivity index (χ1v) is 9.52. The summed E-state index contributed by atoms with van der Waals surface area (Å²) in [5, 5.41) is 17.0. The molecule has 2 aromatic carbocycles. The lowest BCUT2D eigenvalue weighted by atomic mass is 9.97. The van der Waals surface area contributed by atoms with E-state index in [0.29, 0.717) is 12.0 Å². The summed E-state index contributed by atoms with van der Waals surface area (Å²) in [4.78, 5) is 0. The number of aliphatic hydroxyl groups is 1. The monoisotopic (exact) mass is 412 g/mol. The largest absolute Gasteiger partial charge is 0.419 e. The van der Waals surface area contributed by atoms with Gasteiger partial charge in [-0.3, -0.25) is 0 Å². The van der Waals surface area contributed by atoms with Gasteiger partial charge in [-0.2, -0.15) is 13.2 Å². The molecule has 3 nitrogen and oxygen atoms in total. The fraction of sp³-hybridized carbons (Fsp3) is 0.455. The molecule has 0 spiro atoms. The summed E-state index contributed by atoms with van der Waals surface area (Å²) in [5.74, 6) is -1.29. The number of nitrogens with one attached hydrogen (secondary N) is 2. The predicted octanol–water partition coefficient (Wildman–Crippen LogP) is 4.29. The van der Waals surface area contributed by atoms with Crippen LogP contribution < -0.4 is 10.6 Å². The lowest BCUT2D eigenvalue weighted by Gasteiger charge is -2.32. The van der Waals surface area contributed by atoms with Crippen LogP contribution in [0.4, 0.5) is 17.6 Å². The van der Waals surface area contributed by atoms with Crippen molar-refractivity contribution < 1.29 is 22.7 Å². The number of benzene rings is 2. The fourth-order valence-corrected chi connectivity index (χ4v) is 3.11. The number of halogens is 4. The van der Waals surface area contributed by atoms with Gasteiger partial charge in [0.1, 0.15) is 5.82 Å². The molecule has 0 bridgehead atoms. The Hall–Kier alpha value is -1.96. The van der Waals surface area contributed by atoms with Crippen LogP contribution in [0.1, 0.15) is 37.5 Å². The molecule has 2 rings (SSSR count). The Balaban J connectivity index is 2.00. The Labute approximate surface area is 169 Å². The first-order chi connectivity index (χ1) is 13.5. The molecular formula is C22H28F4N2O. The van der Waals surface area contributed by atoms with E-state index in [1.807, 2.05) is 51.1 Å². The van der Waals surface area contributed by atoms with Gasteiger partial charge in [-0.05, 0) is 50.5 Å². The smallest absolute Gasteiger partial charge is 0.390 e. The van der Waals surface area contributed by atoms with Crippen LogP contribution >= 0.6 is 0 Å². The molecule has 0 radical (unpaired) electrons. The molecule has 0 saturated heterocycles. The van der Waals surface area contributed by atoms with Gasteiger partial charge in [0.25, 0.3) is 0 Å². The van der Waals surface area contributed by atoms with Crippen LogP contribution in [-0.2, 0) is 19.1 Å². The molecule has 3 N–H and O–H groups in total. The minimum absolute atomic E-state index is 0.0913. The lowest BCUT2D eigenvalue weighted by Crippen LogP contribution is -2.53. The van der Waals surface area contributed by atoms with Crippen LogP contribution in [0.3, 0.4) is 0 Å². The SMILES string of the molecule is CC(C)(C)N[C@@H](Cc1ccccc1)[C@H](O)CNCc1ccc(F)c(C(F)(F)F)c1. The number of hydrogen-bond donors (Lipinski definition) is 3. The maximum atomic E-state index is 13.4. The predicted molar refractivity (Wildman–Crippen MR) is 106 cm³/mol. The van der Waals surface area contributed by atoms with Gasteiger partial charge in [-0.25, -0.2) is 4.39 Å². The van der Waals surface area contributed by atoms with E-state index in [4.69, 9.17) is 0 Å². The normalized spacial score (nSPS) is 14.6. The van der Waals surface area contributed by atoms with E-state index in [1.165, 1.54) is 6.07 Å². The van der Waals surface area contributed by atoms with E-state index in [9.17, 15) is 22.7 Å². The summed E-state index contributed by atoms with van der Waals surface area (Å²) in [7, 11) is 0. The van der Waals surface area contributed by atoms with Crippen LogP contribution in [0.5, 0.6) is 0 Å². The molecule has 29 heavy (non-hydrogen) atoms. The summed E-state index contributed by atoms with van der Waals surface area (Å²) in [5.41, 5.74) is -0.136. The second-order valence-corrected chi connectivity index (χ2v) is 8.20. The summed E-state index contributed by atoms with van der Waals surface area (Å²) in [6.45, 7) is 6.28. The highest BCUT2D eigenvalue weighted by Crippen LogP contribution is 2.31. The molecule has 2 aromatic rings. The van der Waals surface area contributed by atoms with Crippen molar-refractivity contribution in [2.45, 2.75) is 57.6 Å². The van der Waals surface area contributed by atoms with Gasteiger partial charge < -0.3 is 15.7 Å². The third-order valence-electron chi connectivity index (χ3n) is 4.40. The van der Waals surface area contributed by atoms with Crippen molar-refractivity contribution in [3.63, 3.8) is 0 Å². The van der Waals surface area contributed by atoms with Crippen molar-refractivity contribution in [2.75, 3.05) is 6.54 Å². The molecule has 160 valence electrons. The summed E-state index contributed by atoms with van der Waals surface area (Å²) >= 11 is 0. The average molecular weight is 412 g/mol. The first-order valence-electron chi connectivity index (χ1n) is 9.52. The Morgan fingerprint density at radius 3 is 2.21 bits per heavy atom. The zero-order valence-electron chi connectivity index (χ0n) is 16.9. The van der Waals surface area contributed by atoms with E-state index in [-0.39, 0.29) is 24.7 Å². The highest BCUT2D eigenvalue weighted by atomic mass is 19.4. The maximum Gasteiger partial charge on any atom is 0.419 e. The molecule has 0 aromatic heterocycles. The quantitative estimate of drug-likeness (QED) is 0.567. The van der Waals surface area contributed by atoms with Crippen LogP contribution in [0.25, 0.3) is 0 Å². The van der Waals surface area contributed by atoms with Crippen molar-refractivity contribution in [3.8, 4) is 0 Å². The Bertz CT molecular complexity index is 773. The molecule has 0 saturated carbocycles. The topological polar surface area (TPSA) is 44.3 Å². The molecular weight excluding hydrogens is 384 g/mol. The fourth-order valence-electron chi connectivity index (χ4n) is 3.11. The molecule has 0 fully saturated rings. The maximum absolute atomic E-state index is 13.4. The molecule has 0 aliphatic heterocycles. The molecule has 0 unspecified atom stereocenters. The van der Waals surface area contributed by atoms with Crippen LogP contribution in [0.15, 0.2) is 48.5 Å². The minimum atomic E-state index is -4.74. The summed E-state index contributed by atoms with van der Waals surface area (Å²) in [6, 6.07) is 12.4. The molecule has 0 aliphatic rings. The lowest BCUT2D eigenvalue weighted by molar-refractivity contribution is -0.140. The van der Waals surface area contributed by atoms with Crippen molar-refractivity contribution in [2.24, 2.45) is 0 Å². The zero-order chi connectivity index (χ0) is 21.7. The van der Waals surface area contributed by atoms with Gasteiger partial charge in [-0.1, -0.05) is 36.4 Å². The van der Waals surface area contributed by atoms with Crippen molar-refractivity contribution in [3.05, 3.63) is 71.0 Å². The zero-order valence-corrected chi connectivity index (χ0v) is 16.9. The van der Waals surface area contributed by atoms with Gasteiger partial charge >= 0.3 is 6.18 Å². The standard InChI is InChI=1S/C22H28F4N2O/c1-21(2,3)28-19(12-15-7-5-4-6-8-15)20(29)14-27-13-16-9-10-18(23)17(11-16)22(24,25)26/h4-11,19-20,27-29H,12-14H2,1-3H3/t19-,20+/m0/s1. The number of hydrogen-bond acceptors (Lipinski definition) is 3. The molecule has 0 aliphatic carbocycles. The number of alkyl halides is 3. The van der Waals surface area contributed by atoms with Gasteiger partial charge in [0, 0.05) is 24.7 Å². The summed E-state index contributed by atoms with van der Waals surface area (Å²) < 4.78 is 51.9. The molecule has 2 atom stereocenters. The average Bonchev–Trinajstić information content (AvgIpc) is 2.61. The van der Waals surface area contributed by atoms with Crippen molar-refractivity contribution in [1.82, 2.24) is 10.6 Å². The second kappa shape index (κ2) is 9.69. The van der Waals surface area contributed by atoms with Crippen molar-refractivity contribution in [1.29, 1.82) is 0 Å². The van der Waals surface area contributed by atoms with E-state index in [0.717, 1.165) is 17.7 Å². The van der Waals surface area contributed by atoms with E-state index < -0.39 is 23.7 Å². The molecule has 0 heterocycles. The van der Waals surface area contributed by atoms with E-state index in [2.05, 4.69) is 10.6 Å². The summed E-state index contributed by atoms with van der Waals surface area (Å²) in [6.07, 6.45) is -4.90. The van der Waals surface area contributed by atoms with Crippen molar-refractivity contribution >= 4 is 0 Å². The van der Waals surface area contributed by atoms with Gasteiger partial charge in [-0.15, -0.1) is 0 Å². The van der Waals surface area contributed by atoms with Gasteiger partial charge in [0.05, 0.1) is 11.7 Å². The van der Waals surface area contributed by atoms with Gasteiger partial charge in [0.15, 0.2) is 0 Å². The third kappa shape index (κ3) is 7.76. The van der Waals surface area contributed by atoms with Crippen LogP contribution in [-0.4, -0.2) is 29.3 Å². The molecule has 0 amide bonds. The molecule has 7 heteroatoms. The minimum Gasteiger partial charge on any atom is -0.390 e. The van der Waals surface area contributed by atoms with E-state index >= 15 is 0 Å². The highest BCUT2D eigenvalue weighted by molar-refractivity contribution is 5.27. The van der Waals surface area contributed by atoms with Crippen LogP contribution in [0, 0.1) is 5.82 Å². The first kappa shape index (κ1) is 23.3. The van der Waals surface area contributed by atoms with Gasteiger partial charge in [0.2, 0.25) is 0 Å². The number of aliphatic hydroxyl groups excluding tert-OH is 1. The number of rotatable bonds is 8. The Morgan fingerprint density at radius 2 is 1.62 bits per heavy atom. The van der Waals surface area contributed by atoms with Crippen LogP contribution in [0.2, 0.25) is 0 Å². The highest BCUT2D eigenvalue weighted by Gasteiger charge is 2.34. The Morgan fingerprint density at radius 1 is 0.966 bits per heavy atom. The second-order valence-electron chi connectivity index (χ2n) is 8.20. The third-order valence-corrected chi connectivity index (χ3v) is 4.40. The Kier molecular flexibility index (Phi) is 7.80.